The Morgan fingerprint density at radius 1 is 1.03 bits per heavy atom. The van der Waals surface area contributed by atoms with Crippen molar-refractivity contribution in [2.75, 3.05) is 18.4 Å². The van der Waals surface area contributed by atoms with Crippen LogP contribution in [-0.4, -0.2) is 33.8 Å². The number of aryl methyl sites for hydroxylation is 1. The summed E-state index contributed by atoms with van der Waals surface area (Å²) in [6.45, 7) is 3.59. The number of hydrogen-bond acceptors (Lipinski definition) is 2. The highest BCUT2D eigenvalue weighted by Gasteiger charge is 2.25. The standard InChI is InChI=1S/C26H25FN4O/c1-18-15-25-20(17-28-31(25)23-9-7-21(27)8-10-23)16-24(18)19-11-13-30(14-12-19)26(32)29-22-5-3-2-4-6-22/h2-10,15-17,19H,11-14H2,1H3,(H,29,32). The fourth-order valence-electron chi connectivity index (χ4n) is 4.54. The Hall–Kier alpha value is -3.67. The van der Waals surface area contributed by atoms with Crippen LogP contribution in [0.4, 0.5) is 14.9 Å². The Kier molecular flexibility index (Phi) is 5.35. The Balaban J connectivity index is 1.31. The summed E-state index contributed by atoms with van der Waals surface area (Å²) in [4.78, 5) is 14.5. The molecule has 2 heterocycles. The van der Waals surface area contributed by atoms with Gasteiger partial charge >= 0.3 is 6.03 Å². The molecule has 1 fully saturated rings. The number of carbonyl (C=O) groups is 1. The van der Waals surface area contributed by atoms with E-state index in [0.29, 0.717) is 5.92 Å². The van der Waals surface area contributed by atoms with Gasteiger partial charge in [-0.2, -0.15) is 5.10 Å². The Morgan fingerprint density at radius 3 is 2.47 bits per heavy atom. The van der Waals surface area contributed by atoms with Gasteiger partial charge in [0.05, 0.1) is 17.4 Å². The van der Waals surface area contributed by atoms with E-state index in [1.54, 1.807) is 12.1 Å². The minimum Gasteiger partial charge on any atom is -0.324 e. The zero-order chi connectivity index (χ0) is 22.1. The average molecular weight is 429 g/mol. The first-order valence-corrected chi connectivity index (χ1v) is 10.9. The molecular weight excluding hydrogens is 403 g/mol. The number of rotatable bonds is 3. The number of benzene rings is 3. The van der Waals surface area contributed by atoms with Crippen molar-refractivity contribution in [3.63, 3.8) is 0 Å². The summed E-state index contributed by atoms with van der Waals surface area (Å²) in [6.07, 6.45) is 3.73. The Labute approximate surface area is 186 Å². The quantitative estimate of drug-likeness (QED) is 0.443. The van der Waals surface area contributed by atoms with Crippen LogP contribution < -0.4 is 5.32 Å². The lowest BCUT2D eigenvalue weighted by Gasteiger charge is -2.33. The van der Waals surface area contributed by atoms with Crippen LogP contribution in [-0.2, 0) is 0 Å². The van der Waals surface area contributed by atoms with Gasteiger partial charge in [0.2, 0.25) is 0 Å². The van der Waals surface area contributed by atoms with Crippen LogP contribution in [0.15, 0.2) is 72.9 Å². The molecule has 1 aliphatic heterocycles. The maximum Gasteiger partial charge on any atom is 0.321 e. The Morgan fingerprint density at radius 2 is 1.75 bits per heavy atom. The van der Waals surface area contributed by atoms with Crippen LogP contribution in [0.1, 0.15) is 29.9 Å². The molecule has 1 N–H and O–H groups in total. The minimum atomic E-state index is -0.257. The highest BCUT2D eigenvalue weighted by Crippen LogP contribution is 2.33. The fourth-order valence-corrected chi connectivity index (χ4v) is 4.54. The number of carbonyl (C=O) groups excluding carboxylic acids is 1. The number of aromatic nitrogens is 2. The molecule has 162 valence electrons. The second kappa shape index (κ2) is 8.46. The van der Waals surface area contributed by atoms with Crippen LogP contribution in [0.5, 0.6) is 0 Å². The molecule has 2 amide bonds. The number of para-hydroxylation sites is 1. The number of likely N-dealkylation sites (tertiary alicyclic amines) is 1. The molecule has 1 saturated heterocycles. The summed E-state index contributed by atoms with van der Waals surface area (Å²) in [7, 11) is 0. The number of anilines is 1. The number of hydrogen-bond donors (Lipinski definition) is 1. The zero-order valence-electron chi connectivity index (χ0n) is 18.0. The lowest BCUT2D eigenvalue weighted by atomic mass is 9.86. The van der Waals surface area contributed by atoms with Gasteiger partial charge in [0, 0.05) is 24.2 Å². The van der Waals surface area contributed by atoms with E-state index in [0.717, 1.165) is 48.2 Å². The largest absolute Gasteiger partial charge is 0.324 e. The highest BCUT2D eigenvalue weighted by molar-refractivity contribution is 5.89. The molecule has 4 aromatic rings. The van der Waals surface area contributed by atoms with Gasteiger partial charge in [-0.3, -0.25) is 0 Å². The molecule has 5 nitrogen and oxygen atoms in total. The lowest BCUT2D eigenvalue weighted by molar-refractivity contribution is 0.194. The number of nitrogens with zero attached hydrogens (tertiary/aromatic N) is 3. The average Bonchev–Trinajstić information content (AvgIpc) is 3.22. The van der Waals surface area contributed by atoms with Gasteiger partial charge in [-0.05, 0) is 85.3 Å². The van der Waals surface area contributed by atoms with E-state index in [1.807, 2.05) is 46.1 Å². The molecule has 1 aromatic heterocycles. The van der Waals surface area contributed by atoms with Crippen molar-refractivity contribution >= 4 is 22.6 Å². The van der Waals surface area contributed by atoms with Crippen molar-refractivity contribution in [1.82, 2.24) is 14.7 Å². The van der Waals surface area contributed by atoms with Crippen LogP contribution in [0, 0.1) is 12.7 Å². The lowest BCUT2D eigenvalue weighted by Crippen LogP contribution is -2.40. The molecule has 0 saturated carbocycles. The van der Waals surface area contributed by atoms with Crippen LogP contribution in [0.2, 0.25) is 0 Å². The van der Waals surface area contributed by atoms with Gasteiger partial charge in [-0.1, -0.05) is 18.2 Å². The molecule has 0 spiro atoms. The number of nitrogens with one attached hydrogen (secondary N) is 1. The van der Waals surface area contributed by atoms with Gasteiger partial charge in [-0.15, -0.1) is 0 Å². The number of urea groups is 1. The molecule has 0 unspecified atom stereocenters. The van der Waals surface area contributed by atoms with Crippen molar-refractivity contribution in [3.8, 4) is 5.69 Å². The van der Waals surface area contributed by atoms with Crippen LogP contribution in [0.25, 0.3) is 16.6 Å². The van der Waals surface area contributed by atoms with Gasteiger partial charge in [0.15, 0.2) is 0 Å². The minimum absolute atomic E-state index is 0.0394. The summed E-state index contributed by atoms with van der Waals surface area (Å²) in [5, 5.41) is 8.58. The van der Waals surface area contributed by atoms with E-state index in [9.17, 15) is 9.18 Å². The molecule has 6 heteroatoms. The molecule has 5 rings (SSSR count). The third-order valence-electron chi connectivity index (χ3n) is 6.27. The number of fused-ring (bicyclic) bond motifs is 1. The second-order valence-electron chi connectivity index (χ2n) is 8.36. The molecule has 0 bridgehead atoms. The smallest absolute Gasteiger partial charge is 0.321 e. The summed E-state index contributed by atoms with van der Waals surface area (Å²) in [5.74, 6) is 0.154. The van der Waals surface area contributed by atoms with E-state index in [-0.39, 0.29) is 11.8 Å². The molecular formula is C26H25FN4O. The van der Waals surface area contributed by atoms with Gasteiger partial charge in [0.25, 0.3) is 0 Å². The maximum atomic E-state index is 13.3. The number of piperidine rings is 1. The first kappa shape index (κ1) is 20.2. The third kappa shape index (κ3) is 3.96. The summed E-state index contributed by atoms with van der Waals surface area (Å²) >= 11 is 0. The molecule has 3 aromatic carbocycles. The van der Waals surface area contributed by atoms with E-state index < -0.39 is 0 Å². The monoisotopic (exact) mass is 428 g/mol. The van der Waals surface area contributed by atoms with Gasteiger partial charge in [0.1, 0.15) is 5.82 Å². The van der Waals surface area contributed by atoms with E-state index >= 15 is 0 Å². The predicted octanol–water partition coefficient (Wildman–Crippen LogP) is 5.88. The topological polar surface area (TPSA) is 50.2 Å². The van der Waals surface area contributed by atoms with Crippen molar-refractivity contribution in [2.45, 2.75) is 25.7 Å². The molecule has 0 atom stereocenters. The van der Waals surface area contributed by atoms with Crippen molar-refractivity contribution in [2.24, 2.45) is 0 Å². The maximum absolute atomic E-state index is 13.3. The molecule has 1 aliphatic rings. The summed E-state index contributed by atoms with van der Waals surface area (Å²) < 4.78 is 15.1. The van der Waals surface area contributed by atoms with E-state index in [2.05, 4.69) is 29.5 Å². The SMILES string of the molecule is Cc1cc2c(cnn2-c2ccc(F)cc2)cc1C1CCN(C(=O)Nc2ccccc2)CC1. The fraction of sp³-hybridized carbons (Fsp3) is 0.231. The molecule has 0 aliphatic carbocycles. The normalized spacial score (nSPS) is 14.6. The Bertz CT molecular complexity index is 1240. The molecule has 32 heavy (non-hydrogen) atoms. The van der Waals surface area contributed by atoms with Gasteiger partial charge < -0.3 is 10.2 Å². The summed E-state index contributed by atoms with van der Waals surface area (Å²) in [5.41, 5.74) is 5.20. The second-order valence-corrected chi connectivity index (χ2v) is 8.36. The van der Waals surface area contributed by atoms with Crippen LogP contribution >= 0.6 is 0 Å². The summed E-state index contributed by atoms with van der Waals surface area (Å²) in [6, 6.07) is 20.3. The van der Waals surface area contributed by atoms with Crippen molar-refractivity contribution in [1.29, 1.82) is 0 Å². The number of amides is 2. The first-order chi connectivity index (χ1) is 15.6. The molecule has 0 radical (unpaired) electrons. The van der Waals surface area contributed by atoms with Crippen molar-refractivity contribution < 1.29 is 9.18 Å². The van der Waals surface area contributed by atoms with Gasteiger partial charge in [-0.25, -0.2) is 13.9 Å². The van der Waals surface area contributed by atoms with E-state index in [4.69, 9.17) is 0 Å². The van der Waals surface area contributed by atoms with Crippen molar-refractivity contribution in [3.05, 3.63) is 89.9 Å². The predicted molar refractivity (Wildman–Crippen MR) is 125 cm³/mol. The first-order valence-electron chi connectivity index (χ1n) is 10.9. The zero-order valence-corrected chi connectivity index (χ0v) is 18.0. The van der Waals surface area contributed by atoms with E-state index in [1.165, 1.54) is 23.3 Å². The van der Waals surface area contributed by atoms with Crippen LogP contribution in [0.3, 0.4) is 0 Å². The highest BCUT2D eigenvalue weighted by atomic mass is 19.1. The number of halogens is 1. The third-order valence-corrected chi connectivity index (χ3v) is 6.27.